The van der Waals surface area contributed by atoms with Crippen LogP contribution in [0.15, 0.2) is 77.6 Å². The van der Waals surface area contributed by atoms with Crippen LogP contribution in [0.1, 0.15) is 61.0 Å². The van der Waals surface area contributed by atoms with Gasteiger partial charge in [0.2, 0.25) is 0 Å². The highest BCUT2D eigenvalue weighted by Crippen LogP contribution is 2.25. The number of benzene rings is 3. The smallest absolute Gasteiger partial charge is 0.261 e. The van der Waals surface area contributed by atoms with Crippen molar-refractivity contribution in [1.29, 1.82) is 5.26 Å². The zero-order chi connectivity index (χ0) is 25.9. The van der Waals surface area contributed by atoms with Gasteiger partial charge in [-0.25, -0.2) is 4.98 Å². The number of hydrogen-bond acceptors (Lipinski definition) is 4. The summed E-state index contributed by atoms with van der Waals surface area (Å²) in [6.45, 7) is 7.42. The molecule has 182 valence electrons. The van der Waals surface area contributed by atoms with Gasteiger partial charge in [-0.15, -0.1) is 0 Å². The van der Waals surface area contributed by atoms with Gasteiger partial charge >= 0.3 is 0 Å². The maximum Gasteiger partial charge on any atom is 0.261 e. The molecule has 5 heteroatoms. The molecule has 1 heterocycles. The van der Waals surface area contributed by atoms with Crippen molar-refractivity contribution in [2.24, 2.45) is 0 Å². The standard InChI is InChI=1S/C31H31N3O2/c1-5-8-29-28(19-22-11-13-23(14-12-22)27-10-7-6-9-24(27)20-32)30(35)34(21(2)33-29)26-17-15-25(16-18-26)31(3,4)36/h6-7,9-18,36H,5,8,19H2,1-4H3. The third-order valence-electron chi connectivity index (χ3n) is 6.44. The zero-order valence-corrected chi connectivity index (χ0v) is 21.2. The number of nitrogens with zero attached hydrogens (tertiary/aromatic N) is 3. The number of aryl methyl sites for hydroxylation is 2. The van der Waals surface area contributed by atoms with E-state index in [1.54, 1.807) is 18.4 Å². The summed E-state index contributed by atoms with van der Waals surface area (Å²) in [4.78, 5) is 18.6. The molecule has 0 unspecified atom stereocenters. The van der Waals surface area contributed by atoms with Crippen molar-refractivity contribution in [2.75, 3.05) is 0 Å². The Hall–Kier alpha value is -4.01. The fourth-order valence-electron chi connectivity index (χ4n) is 4.50. The average Bonchev–Trinajstić information content (AvgIpc) is 2.86. The normalized spacial score (nSPS) is 11.3. The van der Waals surface area contributed by atoms with Crippen molar-refractivity contribution in [1.82, 2.24) is 9.55 Å². The van der Waals surface area contributed by atoms with Gasteiger partial charge in [0, 0.05) is 12.0 Å². The molecule has 0 radical (unpaired) electrons. The van der Waals surface area contributed by atoms with Crippen molar-refractivity contribution in [3.63, 3.8) is 0 Å². The molecule has 0 aliphatic heterocycles. The molecule has 36 heavy (non-hydrogen) atoms. The van der Waals surface area contributed by atoms with Crippen molar-refractivity contribution < 1.29 is 5.11 Å². The van der Waals surface area contributed by atoms with Gasteiger partial charge in [0.25, 0.3) is 5.56 Å². The lowest BCUT2D eigenvalue weighted by molar-refractivity contribution is 0.0786. The summed E-state index contributed by atoms with van der Waals surface area (Å²) in [5.41, 5.74) is 5.53. The molecule has 0 spiro atoms. The molecule has 0 fully saturated rings. The van der Waals surface area contributed by atoms with Crippen molar-refractivity contribution in [3.05, 3.63) is 117 Å². The van der Waals surface area contributed by atoms with Crippen LogP contribution >= 0.6 is 0 Å². The predicted molar refractivity (Wildman–Crippen MR) is 143 cm³/mol. The van der Waals surface area contributed by atoms with Gasteiger partial charge in [0.1, 0.15) is 5.82 Å². The first-order valence-corrected chi connectivity index (χ1v) is 12.3. The minimum absolute atomic E-state index is 0.0686. The van der Waals surface area contributed by atoms with Crippen LogP contribution in [0.5, 0.6) is 0 Å². The monoisotopic (exact) mass is 477 g/mol. The number of hydrogen-bond donors (Lipinski definition) is 1. The lowest BCUT2D eigenvalue weighted by atomic mass is 9.96. The summed E-state index contributed by atoms with van der Waals surface area (Å²) in [6.07, 6.45) is 2.11. The van der Waals surface area contributed by atoms with E-state index in [2.05, 4.69) is 13.0 Å². The second kappa shape index (κ2) is 10.3. The molecule has 0 aliphatic carbocycles. The Morgan fingerprint density at radius 1 is 1.00 bits per heavy atom. The molecular formula is C31H31N3O2. The molecule has 1 aromatic heterocycles. The zero-order valence-electron chi connectivity index (χ0n) is 21.2. The van der Waals surface area contributed by atoms with Gasteiger partial charge in [-0.05, 0) is 67.6 Å². The van der Waals surface area contributed by atoms with E-state index in [9.17, 15) is 15.2 Å². The van der Waals surface area contributed by atoms with Gasteiger partial charge in [-0.1, -0.05) is 67.9 Å². The molecule has 4 aromatic rings. The highest BCUT2D eigenvalue weighted by molar-refractivity contribution is 5.70. The summed E-state index contributed by atoms with van der Waals surface area (Å²) in [7, 11) is 0. The topological polar surface area (TPSA) is 78.9 Å². The second-order valence-corrected chi connectivity index (χ2v) is 9.61. The van der Waals surface area contributed by atoms with Crippen molar-refractivity contribution in [3.8, 4) is 22.9 Å². The maximum absolute atomic E-state index is 13.8. The summed E-state index contributed by atoms with van der Waals surface area (Å²) >= 11 is 0. The summed E-state index contributed by atoms with van der Waals surface area (Å²) < 4.78 is 1.65. The Kier molecular flexibility index (Phi) is 7.19. The van der Waals surface area contributed by atoms with Gasteiger partial charge in [0.15, 0.2) is 0 Å². The second-order valence-electron chi connectivity index (χ2n) is 9.61. The number of rotatable bonds is 7. The van der Waals surface area contributed by atoms with E-state index < -0.39 is 5.60 Å². The van der Waals surface area contributed by atoms with Crippen LogP contribution in [-0.4, -0.2) is 14.7 Å². The van der Waals surface area contributed by atoms with E-state index in [0.29, 0.717) is 23.4 Å². The molecule has 3 aromatic carbocycles. The van der Waals surface area contributed by atoms with Crippen molar-refractivity contribution in [2.45, 2.75) is 52.6 Å². The Bertz CT molecular complexity index is 1470. The third-order valence-corrected chi connectivity index (χ3v) is 6.44. The predicted octanol–water partition coefficient (Wildman–Crippen LogP) is 5.85. The van der Waals surface area contributed by atoms with Gasteiger partial charge < -0.3 is 5.11 Å². The minimum Gasteiger partial charge on any atom is -0.386 e. The quantitative estimate of drug-likeness (QED) is 0.362. The van der Waals surface area contributed by atoms with Crippen molar-refractivity contribution >= 4 is 0 Å². The lowest BCUT2D eigenvalue weighted by Crippen LogP contribution is -2.28. The highest BCUT2D eigenvalue weighted by Gasteiger charge is 2.18. The van der Waals surface area contributed by atoms with Crippen LogP contribution in [0.3, 0.4) is 0 Å². The Morgan fingerprint density at radius 3 is 2.28 bits per heavy atom. The molecular weight excluding hydrogens is 446 g/mol. The number of aliphatic hydroxyl groups is 1. The van der Waals surface area contributed by atoms with E-state index in [1.807, 2.05) is 79.7 Å². The van der Waals surface area contributed by atoms with Gasteiger partial charge in [-0.3, -0.25) is 9.36 Å². The van der Waals surface area contributed by atoms with E-state index in [4.69, 9.17) is 4.98 Å². The Labute approximate surface area is 212 Å². The molecule has 0 aliphatic rings. The maximum atomic E-state index is 13.8. The van der Waals surface area contributed by atoms with Crippen LogP contribution in [0.25, 0.3) is 16.8 Å². The van der Waals surface area contributed by atoms with Gasteiger partial charge in [-0.2, -0.15) is 5.26 Å². The SMILES string of the molecule is CCCc1nc(C)n(-c2ccc(C(C)(C)O)cc2)c(=O)c1Cc1ccc(-c2ccccc2C#N)cc1. The molecule has 1 N–H and O–H groups in total. The average molecular weight is 478 g/mol. The van der Waals surface area contributed by atoms with Crippen LogP contribution in [0.2, 0.25) is 0 Å². The first-order chi connectivity index (χ1) is 17.2. The first-order valence-electron chi connectivity index (χ1n) is 12.3. The first kappa shape index (κ1) is 25.1. The minimum atomic E-state index is -0.952. The molecule has 0 bridgehead atoms. The van der Waals surface area contributed by atoms with E-state index in [-0.39, 0.29) is 5.56 Å². The molecule has 0 saturated carbocycles. The molecule has 0 saturated heterocycles. The number of nitriles is 1. The Balaban J connectivity index is 1.73. The van der Waals surface area contributed by atoms with Gasteiger partial charge in [0.05, 0.1) is 28.6 Å². The molecule has 0 amide bonds. The lowest BCUT2D eigenvalue weighted by Gasteiger charge is -2.19. The van der Waals surface area contributed by atoms with E-state index in [0.717, 1.165) is 46.5 Å². The Morgan fingerprint density at radius 2 is 1.67 bits per heavy atom. The fraction of sp³-hybridized carbons (Fsp3) is 0.258. The fourth-order valence-corrected chi connectivity index (χ4v) is 4.50. The van der Waals surface area contributed by atoms with E-state index >= 15 is 0 Å². The van der Waals surface area contributed by atoms with Crippen LogP contribution in [0.4, 0.5) is 0 Å². The van der Waals surface area contributed by atoms with E-state index in [1.165, 1.54) is 0 Å². The summed E-state index contributed by atoms with van der Waals surface area (Å²) in [6, 6.07) is 25.2. The molecule has 4 rings (SSSR count). The summed E-state index contributed by atoms with van der Waals surface area (Å²) in [5.74, 6) is 0.645. The van der Waals surface area contributed by atoms with Crippen LogP contribution < -0.4 is 5.56 Å². The number of aromatic nitrogens is 2. The summed E-state index contributed by atoms with van der Waals surface area (Å²) in [5, 5.41) is 19.7. The molecule has 5 nitrogen and oxygen atoms in total. The van der Waals surface area contributed by atoms with Crippen LogP contribution in [-0.2, 0) is 18.4 Å². The third kappa shape index (κ3) is 5.15. The molecule has 0 atom stereocenters. The van der Waals surface area contributed by atoms with Crippen LogP contribution in [0, 0.1) is 18.3 Å². The highest BCUT2D eigenvalue weighted by atomic mass is 16.3. The largest absolute Gasteiger partial charge is 0.386 e.